The third kappa shape index (κ3) is 4.45. The van der Waals surface area contributed by atoms with E-state index in [1.807, 2.05) is 30.5 Å². The van der Waals surface area contributed by atoms with E-state index >= 15 is 0 Å². The SMILES string of the molecule is C[C@@H]1CC[C@@H](C(=O)O)CN1C(=O)Cc1csc(Cc2ccccc2)n1. The Hall–Kier alpha value is -2.21. The first-order chi connectivity index (χ1) is 12.0. The van der Waals surface area contributed by atoms with Crippen molar-refractivity contribution in [2.24, 2.45) is 5.92 Å². The maximum Gasteiger partial charge on any atom is 0.308 e. The van der Waals surface area contributed by atoms with Crippen molar-refractivity contribution in [1.82, 2.24) is 9.88 Å². The largest absolute Gasteiger partial charge is 0.481 e. The number of carbonyl (C=O) groups is 2. The third-order valence-electron chi connectivity index (χ3n) is 4.68. The third-order valence-corrected chi connectivity index (χ3v) is 5.58. The first-order valence-electron chi connectivity index (χ1n) is 8.52. The lowest BCUT2D eigenvalue weighted by Gasteiger charge is -2.36. The molecule has 3 rings (SSSR count). The number of nitrogens with zero attached hydrogens (tertiary/aromatic N) is 2. The minimum atomic E-state index is -0.816. The van der Waals surface area contributed by atoms with Crippen LogP contribution in [0.1, 0.15) is 36.0 Å². The highest BCUT2D eigenvalue weighted by molar-refractivity contribution is 7.09. The van der Waals surface area contributed by atoms with Gasteiger partial charge in [-0.3, -0.25) is 9.59 Å². The number of amides is 1. The van der Waals surface area contributed by atoms with Crippen LogP contribution in [0, 0.1) is 5.92 Å². The van der Waals surface area contributed by atoms with Gasteiger partial charge in [0.25, 0.3) is 0 Å². The smallest absolute Gasteiger partial charge is 0.308 e. The fourth-order valence-electron chi connectivity index (χ4n) is 3.19. The quantitative estimate of drug-likeness (QED) is 0.892. The van der Waals surface area contributed by atoms with Gasteiger partial charge in [0.15, 0.2) is 0 Å². The van der Waals surface area contributed by atoms with Crippen molar-refractivity contribution in [3.8, 4) is 0 Å². The predicted molar refractivity (Wildman–Crippen MR) is 96.6 cm³/mol. The molecule has 0 radical (unpaired) electrons. The Balaban J connectivity index is 1.62. The number of thiazole rings is 1. The van der Waals surface area contributed by atoms with Crippen molar-refractivity contribution in [3.63, 3.8) is 0 Å². The van der Waals surface area contributed by atoms with Crippen LogP contribution in [-0.4, -0.2) is 39.5 Å². The van der Waals surface area contributed by atoms with Crippen LogP contribution in [0.2, 0.25) is 0 Å². The van der Waals surface area contributed by atoms with Crippen LogP contribution in [0.5, 0.6) is 0 Å². The van der Waals surface area contributed by atoms with Gasteiger partial charge >= 0.3 is 5.97 Å². The van der Waals surface area contributed by atoms with Crippen molar-refractivity contribution < 1.29 is 14.7 Å². The molecule has 2 heterocycles. The molecule has 1 aromatic carbocycles. The van der Waals surface area contributed by atoms with E-state index in [1.165, 1.54) is 5.56 Å². The van der Waals surface area contributed by atoms with Gasteiger partial charge in [-0.05, 0) is 25.3 Å². The second kappa shape index (κ2) is 7.78. The van der Waals surface area contributed by atoms with Crippen molar-refractivity contribution in [1.29, 1.82) is 0 Å². The number of carboxylic acid groups (broad SMARTS) is 1. The first kappa shape index (κ1) is 17.6. The lowest BCUT2D eigenvalue weighted by molar-refractivity contribution is -0.147. The van der Waals surface area contributed by atoms with Gasteiger partial charge in [-0.1, -0.05) is 30.3 Å². The minimum Gasteiger partial charge on any atom is -0.481 e. The molecule has 0 bridgehead atoms. The number of benzene rings is 1. The van der Waals surface area contributed by atoms with Crippen LogP contribution < -0.4 is 0 Å². The molecule has 0 saturated carbocycles. The molecule has 2 atom stereocenters. The molecule has 1 fully saturated rings. The molecule has 0 unspecified atom stereocenters. The van der Waals surface area contributed by atoms with Gasteiger partial charge in [-0.2, -0.15) is 0 Å². The normalized spacial score (nSPS) is 20.4. The van der Waals surface area contributed by atoms with E-state index in [0.717, 1.165) is 23.5 Å². The van der Waals surface area contributed by atoms with E-state index in [2.05, 4.69) is 17.1 Å². The van der Waals surface area contributed by atoms with E-state index in [9.17, 15) is 14.7 Å². The summed E-state index contributed by atoms with van der Waals surface area (Å²) in [5.74, 6) is -1.30. The summed E-state index contributed by atoms with van der Waals surface area (Å²) in [7, 11) is 0. The van der Waals surface area contributed by atoms with E-state index in [4.69, 9.17) is 0 Å². The second-order valence-electron chi connectivity index (χ2n) is 6.58. The Morgan fingerprint density at radius 3 is 2.76 bits per heavy atom. The summed E-state index contributed by atoms with van der Waals surface area (Å²) in [4.78, 5) is 30.1. The summed E-state index contributed by atoms with van der Waals surface area (Å²) in [5, 5.41) is 12.1. The van der Waals surface area contributed by atoms with Gasteiger partial charge in [0.05, 0.1) is 23.0 Å². The Morgan fingerprint density at radius 2 is 2.04 bits per heavy atom. The lowest BCUT2D eigenvalue weighted by Crippen LogP contribution is -2.47. The summed E-state index contributed by atoms with van der Waals surface area (Å²) in [5.41, 5.74) is 1.97. The zero-order valence-corrected chi connectivity index (χ0v) is 15.0. The van der Waals surface area contributed by atoms with Crippen LogP contribution in [0.4, 0.5) is 0 Å². The molecule has 1 aliphatic heterocycles. The molecule has 1 N–H and O–H groups in total. The summed E-state index contributed by atoms with van der Waals surface area (Å²) >= 11 is 1.56. The molecule has 6 heteroatoms. The number of hydrogen-bond donors (Lipinski definition) is 1. The summed E-state index contributed by atoms with van der Waals surface area (Å²) < 4.78 is 0. The van der Waals surface area contributed by atoms with Crippen molar-refractivity contribution >= 4 is 23.2 Å². The standard InChI is InChI=1S/C19H22N2O3S/c1-13-7-8-15(19(23)24)11-21(13)18(22)10-16-12-25-17(20-16)9-14-5-3-2-4-6-14/h2-6,12-13,15H,7-11H2,1H3,(H,23,24)/t13-,15-/m1/s1. The van der Waals surface area contributed by atoms with Gasteiger partial charge in [0.1, 0.15) is 0 Å². The number of rotatable bonds is 5. The molecular weight excluding hydrogens is 336 g/mol. The fourth-order valence-corrected chi connectivity index (χ4v) is 4.02. The van der Waals surface area contributed by atoms with E-state index in [-0.39, 0.29) is 18.4 Å². The highest BCUT2D eigenvalue weighted by Crippen LogP contribution is 2.23. The highest BCUT2D eigenvalue weighted by atomic mass is 32.1. The van der Waals surface area contributed by atoms with Crippen molar-refractivity contribution in [2.45, 2.75) is 38.6 Å². The molecule has 0 aliphatic carbocycles. The second-order valence-corrected chi connectivity index (χ2v) is 7.52. The molecule has 1 saturated heterocycles. The number of aliphatic carboxylic acids is 1. The first-order valence-corrected chi connectivity index (χ1v) is 9.40. The highest BCUT2D eigenvalue weighted by Gasteiger charge is 2.32. The van der Waals surface area contributed by atoms with Crippen LogP contribution in [0.3, 0.4) is 0 Å². The number of aromatic nitrogens is 1. The molecular formula is C19H22N2O3S. The molecule has 25 heavy (non-hydrogen) atoms. The van der Waals surface area contributed by atoms with E-state index in [1.54, 1.807) is 16.2 Å². The molecule has 1 aliphatic rings. The molecule has 5 nitrogen and oxygen atoms in total. The summed E-state index contributed by atoms with van der Waals surface area (Å²) in [6, 6.07) is 10.2. The van der Waals surface area contributed by atoms with Crippen LogP contribution >= 0.6 is 11.3 Å². The zero-order chi connectivity index (χ0) is 17.8. The van der Waals surface area contributed by atoms with Gasteiger partial charge in [-0.25, -0.2) is 4.98 Å². The molecule has 1 amide bonds. The molecule has 1 aromatic heterocycles. The van der Waals surface area contributed by atoms with Gasteiger partial charge in [0, 0.05) is 24.4 Å². The maximum atomic E-state index is 12.6. The zero-order valence-electron chi connectivity index (χ0n) is 14.2. The fraction of sp³-hybridized carbons (Fsp3) is 0.421. The van der Waals surface area contributed by atoms with Crippen molar-refractivity contribution in [2.75, 3.05) is 6.54 Å². The van der Waals surface area contributed by atoms with Gasteiger partial charge < -0.3 is 10.0 Å². The number of piperidine rings is 1. The predicted octanol–water partition coefficient (Wildman–Crippen LogP) is 2.99. The molecule has 132 valence electrons. The Bertz CT molecular complexity index is 744. The van der Waals surface area contributed by atoms with Gasteiger partial charge in [0.2, 0.25) is 5.91 Å². The van der Waals surface area contributed by atoms with E-state index in [0.29, 0.717) is 13.0 Å². The molecule has 2 aromatic rings. The van der Waals surface area contributed by atoms with Gasteiger partial charge in [-0.15, -0.1) is 11.3 Å². The Morgan fingerprint density at radius 1 is 1.28 bits per heavy atom. The number of carbonyl (C=O) groups excluding carboxylic acids is 1. The monoisotopic (exact) mass is 358 g/mol. The van der Waals surface area contributed by atoms with Crippen LogP contribution in [-0.2, 0) is 22.4 Å². The van der Waals surface area contributed by atoms with Crippen molar-refractivity contribution in [3.05, 3.63) is 52.0 Å². The average molecular weight is 358 g/mol. The van der Waals surface area contributed by atoms with Crippen LogP contribution in [0.25, 0.3) is 0 Å². The number of likely N-dealkylation sites (tertiary alicyclic amines) is 1. The minimum absolute atomic E-state index is 0.0324. The number of hydrogen-bond acceptors (Lipinski definition) is 4. The maximum absolute atomic E-state index is 12.6. The topological polar surface area (TPSA) is 70.5 Å². The average Bonchev–Trinajstić information content (AvgIpc) is 3.02. The Labute approximate surface area is 151 Å². The van der Waals surface area contributed by atoms with Crippen LogP contribution in [0.15, 0.2) is 35.7 Å². The summed E-state index contributed by atoms with van der Waals surface area (Å²) in [6.07, 6.45) is 2.38. The number of carboxylic acids is 1. The lowest BCUT2D eigenvalue weighted by atomic mass is 9.93. The molecule has 0 spiro atoms. The summed E-state index contributed by atoms with van der Waals surface area (Å²) in [6.45, 7) is 2.29. The van der Waals surface area contributed by atoms with E-state index < -0.39 is 11.9 Å². The Kier molecular flexibility index (Phi) is 5.48.